The van der Waals surface area contributed by atoms with E-state index < -0.39 is 0 Å². The second-order valence-corrected chi connectivity index (χ2v) is 7.42. The summed E-state index contributed by atoms with van der Waals surface area (Å²) in [7, 11) is 0. The Bertz CT molecular complexity index is 572. The molecule has 2 heteroatoms. The monoisotopic (exact) mass is 352 g/mol. The first-order chi connectivity index (χ1) is 12.8. The molecular formula is C24H36N2. The van der Waals surface area contributed by atoms with Crippen LogP contribution in [0.15, 0.2) is 60.7 Å². The van der Waals surface area contributed by atoms with Gasteiger partial charge in [-0.05, 0) is 24.0 Å². The van der Waals surface area contributed by atoms with Crippen LogP contribution >= 0.6 is 0 Å². The lowest BCUT2D eigenvalue weighted by Crippen LogP contribution is -2.52. The molecule has 2 aromatic carbocycles. The molecule has 0 aromatic heterocycles. The zero-order valence-corrected chi connectivity index (χ0v) is 16.6. The lowest BCUT2D eigenvalue weighted by atomic mass is 9.86. The highest BCUT2D eigenvalue weighted by Crippen LogP contribution is 2.22. The fourth-order valence-corrected chi connectivity index (χ4v) is 3.50. The molecule has 0 fully saturated rings. The lowest BCUT2D eigenvalue weighted by molar-refractivity contribution is 0.251. The van der Waals surface area contributed by atoms with Gasteiger partial charge in [0.15, 0.2) is 0 Å². The molecule has 0 aliphatic heterocycles. The molecule has 0 saturated heterocycles. The molecule has 0 atom stereocenters. The molecule has 2 N–H and O–H groups in total. The molecule has 2 rings (SSSR count). The normalized spacial score (nSPS) is 11.6. The van der Waals surface area contributed by atoms with Gasteiger partial charge in [0.05, 0.1) is 0 Å². The summed E-state index contributed by atoms with van der Waals surface area (Å²) in [6.07, 6.45) is 7.52. The van der Waals surface area contributed by atoms with Gasteiger partial charge in [0, 0.05) is 25.2 Å². The van der Waals surface area contributed by atoms with Crippen LogP contribution in [0.4, 0.5) is 0 Å². The van der Waals surface area contributed by atoms with Crippen LogP contribution in [0.1, 0.15) is 63.5 Å². The van der Waals surface area contributed by atoms with E-state index in [1.54, 1.807) is 0 Å². The fraction of sp³-hybridized carbons (Fsp3) is 0.500. The summed E-state index contributed by atoms with van der Waals surface area (Å²) in [6.45, 7) is 7.49. The highest BCUT2D eigenvalue weighted by atomic mass is 15.0. The molecule has 0 saturated carbocycles. The van der Waals surface area contributed by atoms with Crippen molar-refractivity contribution < 1.29 is 0 Å². The zero-order chi connectivity index (χ0) is 18.5. The standard InChI is InChI=1S/C24H36N2/c1-3-5-17-24(18-6-4-2,26-20-23-15-11-8-12-16-23)21-25-19-22-13-9-7-10-14-22/h7-16,25-26H,3-6,17-21H2,1-2H3. The van der Waals surface area contributed by atoms with E-state index in [-0.39, 0.29) is 5.54 Å². The molecule has 2 aromatic rings. The number of benzene rings is 2. The van der Waals surface area contributed by atoms with Gasteiger partial charge >= 0.3 is 0 Å². The van der Waals surface area contributed by atoms with Crippen LogP contribution in [0.3, 0.4) is 0 Å². The molecule has 0 unspecified atom stereocenters. The van der Waals surface area contributed by atoms with Crippen molar-refractivity contribution in [1.29, 1.82) is 0 Å². The Morgan fingerprint density at radius 2 is 1.19 bits per heavy atom. The van der Waals surface area contributed by atoms with E-state index in [0.29, 0.717) is 0 Å². The maximum absolute atomic E-state index is 3.94. The first-order valence-corrected chi connectivity index (χ1v) is 10.3. The number of rotatable bonds is 13. The van der Waals surface area contributed by atoms with Gasteiger partial charge in [-0.15, -0.1) is 0 Å². The topological polar surface area (TPSA) is 24.1 Å². The molecule has 2 nitrogen and oxygen atoms in total. The summed E-state index contributed by atoms with van der Waals surface area (Å²) in [5, 5.41) is 7.68. The van der Waals surface area contributed by atoms with Crippen LogP contribution in [0, 0.1) is 0 Å². The maximum Gasteiger partial charge on any atom is 0.0309 e. The molecule has 0 radical (unpaired) electrons. The third-order valence-corrected chi connectivity index (χ3v) is 5.16. The summed E-state index contributed by atoms with van der Waals surface area (Å²) in [4.78, 5) is 0. The van der Waals surface area contributed by atoms with Crippen molar-refractivity contribution in [2.45, 2.75) is 71.0 Å². The predicted molar refractivity (Wildman–Crippen MR) is 113 cm³/mol. The van der Waals surface area contributed by atoms with Crippen molar-refractivity contribution in [2.24, 2.45) is 0 Å². The third-order valence-electron chi connectivity index (χ3n) is 5.16. The quantitative estimate of drug-likeness (QED) is 0.484. The van der Waals surface area contributed by atoms with E-state index in [4.69, 9.17) is 0 Å². The molecule has 0 spiro atoms. The summed E-state index contributed by atoms with van der Waals surface area (Å²) in [5.41, 5.74) is 2.90. The first kappa shape index (κ1) is 20.7. The van der Waals surface area contributed by atoms with Crippen LogP contribution in [0.25, 0.3) is 0 Å². The van der Waals surface area contributed by atoms with Gasteiger partial charge in [-0.2, -0.15) is 0 Å². The van der Waals surface area contributed by atoms with Crippen molar-refractivity contribution in [1.82, 2.24) is 10.6 Å². The van der Waals surface area contributed by atoms with Crippen LogP contribution < -0.4 is 10.6 Å². The first-order valence-electron chi connectivity index (χ1n) is 10.3. The summed E-state index contributed by atoms with van der Waals surface area (Å²) >= 11 is 0. The molecule has 0 bridgehead atoms. The number of unbranched alkanes of at least 4 members (excludes halogenated alkanes) is 2. The van der Waals surface area contributed by atoms with Gasteiger partial charge in [-0.1, -0.05) is 100 Å². The fourth-order valence-electron chi connectivity index (χ4n) is 3.50. The largest absolute Gasteiger partial charge is 0.311 e. The minimum atomic E-state index is 0.177. The maximum atomic E-state index is 3.94. The highest BCUT2D eigenvalue weighted by molar-refractivity contribution is 5.16. The molecular weight excluding hydrogens is 316 g/mol. The Hall–Kier alpha value is -1.64. The van der Waals surface area contributed by atoms with Gasteiger partial charge < -0.3 is 10.6 Å². The summed E-state index contributed by atoms with van der Waals surface area (Å²) < 4.78 is 0. The average Bonchev–Trinajstić information content (AvgIpc) is 2.70. The van der Waals surface area contributed by atoms with Crippen molar-refractivity contribution in [2.75, 3.05) is 6.54 Å². The molecule has 0 heterocycles. The van der Waals surface area contributed by atoms with E-state index in [0.717, 1.165) is 19.6 Å². The van der Waals surface area contributed by atoms with Gasteiger partial charge in [-0.3, -0.25) is 0 Å². The van der Waals surface area contributed by atoms with Crippen LogP contribution in [-0.2, 0) is 13.1 Å². The van der Waals surface area contributed by atoms with Gasteiger partial charge in [0.25, 0.3) is 0 Å². The van der Waals surface area contributed by atoms with Crippen LogP contribution in [-0.4, -0.2) is 12.1 Å². The second-order valence-electron chi connectivity index (χ2n) is 7.42. The Labute approximate surface area is 160 Å². The van der Waals surface area contributed by atoms with Crippen molar-refractivity contribution >= 4 is 0 Å². The van der Waals surface area contributed by atoms with Crippen molar-refractivity contribution in [3.8, 4) is 0 Å². The summed E-state index contributed by atoms with van der Waals surface area (Å²) in [6, 6.07) is 21.5. The third kappa shape index (κ3) is 7.31. The van der Waals surface area contributed by atoms with Crippen LogP contribution in [0.5, 0.6) is 0 Å². The molecule has 142 valence electrons. The van der Waals surface area contributed by atoms with E-state index in [9.17, 15) is 0 Å². The minimum Gasteiger partial charge on any atom is -0.311 e. The van der Waals surface area contributed by atoms with E-state index in [2.05, 4.69) is 85.1 Å². The summed E-state index contributed by atoms with van der Waals surface area (Å²) in [5.74, 6) is 0. The number of nitrogens with one attached hydrogen (secondary N) is 2. The van der Waals surface area contributed by atoms with E-state index in [1.165, 1.54) is 49.7 Å². The van der Waals surface area contributed by atoms with E-state index >= 15 is 0 Å². The average molecular weight is 353 g/mol. The SMILES string of the molecule is CCCCC(CCCC)(CNCc1ccccc1)NCc1ccccc1. The molecule has 0 aliphatic carbocycles. The molecule has 26 heavy (non-hydrogen) atoms. The predicted octanol–water partition coefficient (Wildman–Crippen LogP) is 5.69. The smallest absolute Gasteiger partial charge is 0.0309 e. The Morgan fingerprint density at radius 1 is 0.692 bits per heavy atom. The number of hydrogen-bond acceptors (Lipinski definition) is 2. The van der Waals surface area contributed by atoms with Gasteiger partial charge in [-0.25, -0.2) is 0 Å². The molecule has 0 amide bonds. The highest BCUT2D eigenvalue weighted by Gasteiger charge is 2.27. The van der Waals surface area contributed by atoms with Crippen LogP contribution in [0.2, 0.25) is 0 Å². The zero-order valence-electron chi connectivity index (χ0n) is 16.6. The van der Waals surface area contributed by atoms with Gasteiger partial charge in [0.1, 0.15) is 0 Å². The minimum absolute atomic E-state index is 0.177. The Morgan fingerprint density at radius 3 is 1.69 bits per heavy atom. The van der Waals surface area contributed by atoms with Crippen molar-refractivity contribution in [3.05, 3.63) is 71.8 Å². The Balaban J connectivity index is 2.00. The lowest BCUT2D eigenvalue weighted by Gasteiger charge is -2.36. The second kappa shape index (κ2) is 11.9. The Kier molecular flexibility index (Phi) is 9.44. The van der Waals surface area contributed by atoms with E-state index in [1.807, 2.05) is 0 Å². The van der Waals surface area contributed by atoms with Gasteiger partial charge in [0.2, 0.25) is 0 Å². The van der Waals surface area contributed by atoms with Crippen molar-refractivity contribution in [3.63, 3.8) is 0 Å². The molecule has 0 aliphatic rings. The number of hydrogen-bond donors (Lipinski definition) is 2.